The number of ether oxygens (including phenoxy) is 1. The van der Waals surface area contributed by atoms with Crippen molar-refractivity contribution < 1.29 is 13.9 Å². The molecule has 0 radical (unpaired) electrons. The fraction of sp³-hybridized carbons (Fsp3) is 0.286. The number of carbonyl (C=O) groups is 1. The molecule has 1 aromatic rings. The van der Waals surface area contributed by atoms with Crippen molar-refractivity contribution in [3.8, 4) is 0 Å². The van der Waals surface area contributed by atoms with Crippen molar-refractivity contribution in [1.82, 2.24) is 0 Å². The third-order valence-corrected chi connectivity index (χ3v) is 2.40. The molecule has 0 saturated carbocycles. The van der Waals surface area contributed by atoms with Gasteiger partial charge in [-0.1, -0.05) is 26.0 Å². The van der Waals surface area contributed by atoms with Gasteiger partial charge >= 0.3 is 5.97 Å². The molecule has 1 aliphatic rings. The summed E-state index contributed by atoms with van der Waals surface area (Å²) in [6.45, 7) is 4.04. The van der Waals surface area contributed by atoms with Crippen LogP contribution >= 0.6 is 0 Å². The highest BCUT2D eigenvalue weighted by atomic mass is 19.1. The lowest BCUT2D eigenvalue weighted by molar-refractivity contribution is -0.130. The molecule has 4 heteroatoms. The van der Waals surface area contributed by atoms with Crippen molar-refractivity contribution in [3.05, 3.63) is 41.3 Å². The molecule has 1 heterocycles. The predicted octanol–water partition coefficient (Wildman–Crippen LogP) is 3.17. The van der Waals surface area contributed by atoms with E-state index in [-0.39, 0.29) is 11.5 Å². The van der Waals surface area contributed by atoms with Gasteiger partial charge in [0, 0.05) is 6.42 Å². The fourth-order valence-corrected chi connectivity index (χ4v) is 1.64. The molecule has 1 aromatic carbocycles. The Morgan fingerprint density at radius 2 is 2.22 bits per heavy atom. The topological polar surface area (TPSA) is 38.7 Å². The molecule has 0 bridgehead atoms. The van der Waals surface area contributed by atoms with E-state index in [1.54, 1.807) is 12.1 Å². The normalized spacial score (nSPS) is 17.2. The Morgan fingerprint density at radius 3 is 2.89 bits per heavy atom. The monoisotopic (exact) mass is 247 g/mol. The van der Waals surface area contributed by atoms with Gasteiger partial charge in [0.2, 0.25) is 0 Å². The van der Waals surface area contributed by atoms with Gasteiger partial charge in [-0.25, -0.2) is 14.2 Å². The van der Waals surface area contributed by atoms with Gasteiger partial charge in [-0.3, -0.25) is 0 Å². The average molecular weight is 247 g/mol. The van der Waals surface area contributed by atoms with Gasteiger partial charge in [0.15, 0.2) is 11.6 Å². The summed E-state index contributed by atoms with van der Waals surface area (Å²) in [5, 5.41) is 0. The van der Waals surface area contributed by atoms with Crippen LogP contribution in [0.5, 0.6) is 0 Å². The molecule has 0 aliphatic carbocycles. The van der Waals surface area contributed by atoms with Gasteiger partial charge in [-0.05, 0) is 29.7 Å². The number of cyclic esters (lactones) is 1. The standard InChI is InChI=1S/C14H14FNO2/c1-9(2)6-13-16-12(14(17)18-13)8-10-4-3-5-11(15)7-10/h3-5,7-9H,6H2,1-2H3/b12-8+. The summed E-state index contributed by atoms with van der Waals surface area (Å²) in [5.74, 6) is -0.0280. The molecule has 0 atom stereocenters. The lowest BCUT2D eigenvalue weighted by atomic mass is 10.1. The number of benzene rings is 1. The quantitative estimate of drug-likeness (QED) is 0.608. The summed E-state index contributed by atoms with van der Waals surface area (Å²) < 4.78 is 18.0. The van der Waals surface area contributed by atoms with Gasteiger partial charge in [-0.15, -0.1) is 0 Å². The highest BCUT2D eigenvalue weighted by Crippen LogP contribution is 2.18. The first kappa shape index (κ1) is 12.5. The van der Waals surface area contributed by atoms with Gasteiger partial charge in [-0.2, -0.15) is 0 Å². The van der Waals surface area contributed by atoms with Crippen molar-refractivity contribution in [2.24, 2.45) is 10.9 Å². The molecule has 18 heavy (non-hydrogen) atoms. The van der Waals surface area contributed by atoms with Gasteiger partial charge in [0.05, 0.1) is 0 Å². The van der Waals surface area contributed by atoms with E-state index in [9.17, 15) is 9.18 Å². The van der Waals surface area contributed by atoms with Gasteiger partial charge in [0.1, 0.15) is 5.82 Å². The van der Waals surface area contributed by atoms with Crippen LogP contribution < -0.4 is 0 Å². The largest absolute Gasteiger partial charge is 0.407 e. The highest BCUT2D eigenvalue weighted by Gasteiger charge is 2.23. The Labute approximate surface area is 105 Å². The Balaban J connectivity index is 2.22. The number of esters is 1. The predicted molar refractivity (Wildman–Crippen MR) is 67.4 cm³/mol. The second-order valence-corrected chi connectivity index (χ2v) is 4.58. The lowest BCUT2D eigenvalue weighted by Crippen LogP contribution is -2.06. The summed E-state index contributed by atoms with van der Waals surface area (Å²) in [4.78, 5) is 15.7. The summed E-state index contributed by atoms with van der Waals surface area (Å²) >= 11 is 0. The van der Waals surface area contributed by atoms with E-state index in [0.717, 1.165) is 0 Å². The molecular formula is C14H14FNO2. The SMILES string of the molecule is CC(C)CC1=N/C(=C/c2cccc(F)c2)C(=O)O1. The maximum atomic E-state index is 13.0. The zero-order valence-electron chi connectivity index (χ0n) is 10.3. The number of rotatable bonds is 3. The van der Waals surface area contributed by atoms with Crippen LogP contribution in [0, 0.1) is 11.7 Å². The van der Waals surface area contributed by atoms with Crippen LogP contribution in [0.4, 0.5) is 4.39 Å². The third kappa shape index (κ3) is 3.03. The minimum Gasteiger partial charge on any atom is -0.407 e. The molecule has 0 fully saturated rings. The van der Waals surface area contributed by atoms with Crippen LogP contribution in [-0.4, -0.2) is 11.9 Å². The Morgan fingerprint density at radius 1 is 1.44 bits per heavy atom. The minimum atomic E-state index is -0.477. The summed E-state index contributed by atoms with van der Waals surface area (Å²) in [7, 11) is 0. The summed E-state index contributed by atoms with van der Waals surface area (Å²) in [5.41, 5.74) is 0.813. The molecule has 0 amide bonds. The lowest BCUT2D eigenvalue weighted by Gasteiger charge is -2.01. The number of nitrogens with zero attached hydrogens (tertiary/aromatic N) is 1. The Kier molecular flexibility index (Phi) is 3.55. The molecule has 1 aliphatic heterocycles. The molecule has 0 spiro atoms. The second kappa shape index (κ2) is 5.12. The molecule has 0 unspecified atom stereocenters. The van der Waals surface area contributed by atoms with Crippen molar-refractivity contribution in [2.75, 3.05) is 0 Å². The number of hydrogen-bond acceptors (Lipinski definition) is 3. The maximum absolute atomic E-state index is 13.0. The third-order valence-electron chi connectivity index (χ3n) is 2.40. The molecule has 94 valence electrons. The van der Waals surface area contributed by atoms with E-state index >= 15 is 0 Å². The van der Waals surface area contributed by atoms with Crippen LogP contribution in [0.1, 0.15) is 25.8 Å². The van der Waals surface area contributed by atoms with Crippen LogP contribution in [0.2, 0.25) is 0 Å². The van der Waals surface area contributed by atoms with Crippen LogP contribution in [0.25, 0.3) is 6.08 Å². The Bertz CT molecular complexity index is 532. The number of hydrogen-bond donors (Lipinski definition) is 0. The van der Waals surface area contributed by atoms with E-state index in [1.807, 2.05) is 13.8 Å². The number of halogens is 1. The zero-order chi connectivity index (χ0) is 13.1. The van der Waals surface area contributed by atoms with E-state index in [0.29, 0.717) is 23.8 Å². The van der Waals surface area contributed by atoms with Crippen molar-refractivity contribution in [3.63, 3.8) is 0 Å². The molecule has 0 N–H and O–H groups in total. The smallest absolute Gasteiger partial charge is 0.363 e. The van der Waals surface area contributed by atoms with Crippen molar-refractivity contribution >= 4 is 17.9 Å². The van der Waals surface area contributed by atoms with E-state index < -0.39 is 5.97 Å². The van der Waals surface area contributed by atoms with Crippen LogP contribution in [-0.2, 0) is 9.53 Å². The molecule has 0 aromatic heterocycles. The average Bonchev–Trinajstić information content (AvgIpc) is 2.58. The first-order chi connectivity index (χ1) is 8.54. The molecule has 0 saturated heterocycles. The van der Waals surface area contributed by atoms with Gasteiger partial charge < -0.3 is 4.74 Å². The first-order valence-electron chi connectivity index (χ1n) is 5.81. The van der Waals surface area contributed by atoms with E-state index in [4.69, 9.17) is 4.74 Å². The zero-order valence-corrected chi connectivity index (χ0v) is 10.3. The number of carbonyl (C=O) groups excluding carboxylic acids is 1. The number of aliphatic imine (C=N–C) groups is 1. The van der Waals surface area contributed by atoms with Crippen LogP contribution in [0.3, 0.4) is 0 Å². The maximum Gasteiger partial charge on any atom is 0.363 e. The fourth-order valence-electron chi connectivity index (χ4n) is 1.64. The first-order valence-corrected chi connectivity index (χ1v) is 5.81. The Hall–Kier alpha value is -1.97. The van der Waals surface area contributed by atoms with Gasteiger partial charge in [0.25, 0.3) is 0 Å². The van der Waals surface area contributed by atoms with E-state index in [2.05, 4.69) is 4.99 Å². The second-order valence-electron chi connectivity index (χ2n) is 4.58. The molecule has 2 rings (SSSR count). The van der Waals surface area contributed by atoms with Crippen LogP contribution in [0.15, 0.2) is 35.0 Å². The summed E-state index contributed by atoms with van der Waals surface area (Å²) in [6, 6.07) is 5.98. The van der Waals surface area contributed by atoms with Crippen molar-refractivity contribution in [1.29, 1.82) is 0 Å². The molecule has 3 nitrogen and oxygen atoms in total. The van der Waals surface area contributed by atoms with E-state index in [1.165, 1.54) is 18.2 Å². The minimum absolute atomic E-state index is 0.219. The molecular weight excluding hydrogens is 233 g/mol. The summed E-state index contributed by atoms with van der Waals surface area (Å²) in [6.07, 6.45) is 2.14. The van der Waals surface area contributed by atoms with Crippen molar-refractivity contribution in [2.45, 2.75) is 20.3 Å². The highest BCUT2D eigenvalue weighted by molar-refractivity contribution is 6.07.